The molecule has 0 aliphatic heterocycles. The van der Waals surface area contributed by atoms with Crippen LogP contribution in [-0.4, -0.2) is 50.1 Å². The number of ether oxygens (including phenoxy) is 2. The summed E-state index contributed by atoms with van der Waals surface area (Å²) in [6, 6.07) is 5.78. The average molecular weight is 391 g/mol. The smallest absolute Gasteiger partial charge is 0.325 e. The van der Waals surface area contributed by atoms with E-state index in [4.69, 9.17) is 4.74 Å². The molecule has 0 aromatic heterocycles. The minimum absolute atomic E-state index is 0.191. The van der Waals surface area contributed by atoms with Gasteiger partial charge in [-0.15, -0.1) is 6.58 Å². The average Bonchev–Trinajstić information content (AvgIpc) is 2.69. The van der Waals surface area contributed by atoms with Gasteiger partial charge in [0, 0.05) is 12.1 Å². The summed E-state index contributed by atoms with van der Waals surface area (Å²) in [4.78, 5) is 46.3. The topological polar surface area (TPSA) is 123 Å². The van der Waals surface area contributed by atoms with Crippen LogP contribution in [0.1, 0.15) is 30.1 Å². The number of hydrogen-bond donors (Lipinski definition) is 3. The monoisotopic (exact) mass is 391 g/mol. The van der Waals surface area contributed by atoms with Crippen molar-refractivity contribution in [3.63, 3.8) is 0 Å². The van der Waals surface area contributed by atoms with Crippen LogP contribution in [0.25, 0.3) is 0 Å². The first kappa shape index (κ1) is 22.7. The van der Waals surface area contributed by atoms with Crippen molar-refractivity contribution in [1.82, 2.24) is 16.0 Å². The predicted molar refractivity (Wildman–Crippen MR) is 102 cm³/mol. The molecule has 1 rings (SSSR count). The molecule has 28 heavy (non-hydrogen) atoms. The quantitative estimate of drug-likeness (QED) is 0.295. The standard InChI is InChI=1S/C19H25N3O6/c1-3-5-11-27-15-8-6-14(7-9-15)18(25)21-12-17(24)28-13-16(23)22-19(26)20-10-4-2/h4,6-9H,2-3,5,10-13H2,1H3,(H,21,25)(H2,20,22,23,26). The van der Waals surface area contributed by atoms with Crippen molar-refractivity contribution in [2.45, 2.75) is 19.8 Å². The molecule has 0 radical (unpaired) electrons. The van der Waals surface area contributed by atoms with E-state index in [9.17, 15) is 19.2 Å². The van der Waals surface area contributed by atoms with Crippen LogP contribution in [0.5, 0.6) is 5.75 Å². The van der Waals surface area contributed by atoms with Crippen LogP contribution in [0.15, 0.2) is 36.9 Å². The highest BCUT2D eigenvalue weighted by Gasteiger charge is 2.12. The molecule has 0 unspecified atom stereocenters. The first-order valence-corrected chi connectivity index (χ1v) is 8.81. The molecule has 0 saturated heterocycles. The summed E-state index contributed by atoms with van der Waals surface area (Å²) in [5.74, 6) is -1.41. The predicted octanol–water partition coefficient (Wildman–Crippen LogP) is 1.15. The summed E-state index contributed by atoms with van der Waals surface area (Å²) in [6.07, 6.45) is 3.42. The van der Waals surface area contributed by atoms with Gasteiger partial charge in [-0.1, -0.05) is 19.4 Å². The molecule has 1 aromatic carbocycles. The van der Waals surface area contributed by atoms with Gasteiger partial charge in [0.1, 0.15) is 12.3 Å². The summed E-state index contributed by atoms with van der Waals surface area (Å²) >= 11 is 0. The molecule has 0 spiro atoms. The lowest BCUT2D eigenvalue weighted by molar-refractivity contribution is -0.147. The van der Waals surface area contributed by atoms with E-state index in [-0.39, 0.29) is 6.54 Å². The van der Waals surface area contributed by atoms with Gasteiger partial charge in [-0.3, -0.25) is 19.7 Å². The molecule has 1 aromatic rings. The Hall–Kier alpha value is -3.36. The second kappa shape index (κ2) is 12.9. The minimum Gasteiger partial charge on any atom is -0.494 e. The maximum Gasteiger partial charge on any atom is 0.325 e. The fourth-order valence-electron chi connectivity index (χ4n) is 1.86. The molecular weight excluding hydrogens is 366 g/mol. The Morgan fingerprint density at radius 3 is 2.46 bits per heavy atom. The maximum absolute atomic E-state index is 12.0. The molecule has 9 heteroatoms. The molecular formula is C19H25N3O6. The largest absolute Gasteiger partial charge is 0.494 e. The van der Waals surface area contributed by atoms with Gasteiger partial charge in [-0.05, 0) is 30.7 Å². The van der Waals surface area contributed by atoms with Gasteiger partial charge in [-0.2, -0.15) is 0 Å². The van der Waals surface area contributed by atoms with Crippen LogP contribution in [0.3, 0.4) is 0 Å². The number of nitrogens with one attached hydrogen (secondary N) is 3. The Labute approximate surface area is 163 Å². The molecule has 0 fully saturated rings. The molecule has 0 bridgehead atoms. The third-order valence-electron chi connectivity index (χ3n) is 3.30. The lowest BCUT2D eigenvalue weighted by Crippen LogP contribution is -2.42. The zero-order valence-electron chi connectivity index (χ0n) is 15.8. The van der Waals surface area contributed by atoms with Crippen LogP contribution in [0, 0.1) is 0 Å². The number of hydrogen-bond acceptors (Lipinski definition) is 6. The first-order chi connectivity index (χ1) is 13.5. The van der Waals surface area contributed by atoms with E-state index >= 15 is 0 Å². The maximum atomic E-state index is 12.0. The normalized spacial score (nSPS) is 9.75. The lowest BCUT2D eigenvalue weighted by Gasteiger charge is -2.08. The molecule has 152 valence electrons. The molecule has 9 nitrogen and oxygen atoms in total. The summed E-state index contributed by atoms with van der Waals surface area (Å²) in [5, 5.41) is 6.69. The number of esters is 1. The zero-order chi connectivity index (χ0) is 20.8. The van der Waals surface area contributed by atoms with Crippen molar-refractivity contribution in [3.05, 3.63) is 42.5 Å². The number of benzene rings is 1. The number of unbranched alkanes of at least 4 members (excludes halogenated alkanes) is 1. The number of carbonyl (C=O) groups is 4. The van der Waals surface area contributed by atoms with Crippen molar-refractivity contribution >= 4 is 23.8 Å². The molecule has 0 atom stereocenters. The van der Waals surface area contributed by atoms with Crippen molar-refractivity contribution in [3.8, 4) is 5.75 Å². The number of carbonyl (C=O) groups excluding carboxylic acids is 4. The Bertz CT molecular complexity index is 687. The van der Waals surface area contributed by atoms with Crippen molar-refractivity contribution in [2.24, 2.45) is 0 Å². The molecule has 3 N–H and O–H groups in total. The molecule has 0 aliphatic carbocycles. The van der Waals surface area contributed by atoms with Gasteiger partial charge in [0.25, 0.3) is 11.8 Å². The van der Waals surface area contributed by atoms with Crippen LogP contribution >= 0.6 is 0 Å². The summed E-state index contributed by atoms with van der Waals surface area (Å²) < 4.78 is 10.2. The second-order valence-corrected chi connectivity index (χ2v) is 5.62. The van der Waals surface area contributed by atoms with E-state index in [1.54, 1.807) is 24.3 Å². The molecule has 0 aliphatic rings. The Morgan fingerprint density at radius 2 is 1.82 bits per heavy atom. The van der Waals surface area contributed by atoms with Gasteiger partial charge >= 0.3 is 12.0 Å². The molecule has 0 saturated carbocycles. The van der Waals surface area contributed by atoms with E-state index in [1.807, 2.05) is 5.32 Å². The Morgan fingerprint density at radius 1 is 1.11 bits per heavy atom. The Balaban J connectivity index is 2.30. The van der Waals surface area contributed by atoms with Gasteiger partial charge in [0.15, 0.2) is 6.61 Å². The van der Waals surface area contributed by atoms with E-state index in [1.165, 1.54) is 6.08 Å². The van der Waals surface area contributed by atoms with E-state index in [0.717, 1.165) is 12.8 Å². The lowest BCUT2D eigenvalue weighted by atomic mass is 10.2. The van der Waals surface area contributed by atoms with Crippen LogP contribution < -0.4 is 20.7 Å². The molecule has 4 amide bonds. The summed E-state index contributed by atoms with van der Waals surface area (Å²) in [7, 11) is 0. The van der Waals surface area contributed by atoms with Crippen molar-refractivity contribution < 1.29 is 28.7 Å². The minimum atomic E-state index is -0.811. The highest BCUT2D eigenvalue weighted by molar-refractivity contribution is 5.97. The second-order valence-electron chi connectivity index (χ2n) is 5.62. The highest BCUT2D eigenvalue weighted by Crippen LogP contribution is 2.12. The number of urea groups is 1. The van der Waals surface area contributed by atoms with Gasteiger partial charge < -0.3 is 20.1 Å². The van der Waals surface area contributed by atoms with Crippen molar-refractivity contribution in [2.75, 3.05) is 26.3 Å². The SMILES string of the molecule is C=CCNC(=O)NC(=O)COC(=O)CNC(=O)c1ccc(OCCCC)cc1. The van der Waals surface area contributed by atoms with E-state index in [2.05, 4.69) is 28.9 Å². The van der Waals surface area contributed by atoms with Gasteiger partial charge in [0.2, 0.25) is 0 Å². The van der Waals surface area contributed by atoms with Crippen LogP contribution in [0.2, 0.25) is 0 Å². The third kappa shape index (κ3) is 9.37. The number of amides is 4. The fraction of sp³-hybridized carbons (Fsp3) is 0.368. The van der Waals surface area contributed by atoms with Crippen LogP contribution in [-0.2, 0) is 14.3 Å². The zero-order valence-corrected chi connectivity index (χ0v) is 15.8. The summed E-state index contributed by atoms with van der Waals surface area (Å²) in [5.41, 5.74) is 0.354. The van der Waals surface area contributed by atoms with Crippen LogP contribution in [0.4, 0.5) is 4.79 Å². The third-order valence-corrected chi connectivity index (χ3v) is 3.30. The summed E-state index contributed by atoms with van der Waals surface area (Å²) in [6.45, 7) is 5.22. The van der Waals surface area contributed by atoms with Gasteiger partial charge in [0.05, 0.1) is 6.61 Å². The van der Waals surface area contributed by atoms with E-state index in [0.29, 0.717) is 17.9 Å². The van der Waals surface area contributed by atoms with Gasteiger partial charge in [-0.25, -0.2) is 4.79 Å². The van der Waals surface area contributed by atoms with E-state index < -0.39 is 37.0 Å². The number of rotatable bonds is 11. The fourth-order valence-corrected chi connectivity index (χ4v) is 1.86. The highest BCUT2D eigenvalue weighted by atomic mass is 16.5. The molecule has 0 heterocycles. The Kier molecular flexibility index (Phi) is 10.5. The first-order valence-electron chi connectivity index (χ1n) is 8.81. The number of imide groups is 1. The van der Waals surface area contributed by atoms with Crippen molar-refractivity contribution in [1.29, 1.82) is 0 Å².